The van der Waals surface area contributed by atoms with Gasteiger partial charge in [-0.1, -0.05) is 29.8 Å². The third-order valence-corrected chi connectivity index (χ3v) is 6.74. The van der Waals surface area contributed by atoms with Gasteiger partial charge >= 0.3 is 5.69 Å². The highest BCUT2D eigenvalue weighted by molar-refractivity contribution is 9.10. The van der Waals surface area contributed by atoms with Crippen molar-refractivity contribution in [3.05, 3.63) is 90.0 Å². The molecule has 9 nitrogen and oxygen atoms in total. The number of para-hydroxylation sites is 1. The van der Waals surface area contributed by atoms with E-state index in [9.17, 15) is 9.59 Å². The highest BCUT2D eigenvalue weighted by atomic mass is 79.9. The Hall–Kier alpha value is -3.76. The minimum Gasteiger partial charge on any atom is -0.493 e. The zero-order valence-electron chi connectivity index (χ0n) is 18.2. The first-order valence-corrected chi connectivity index (χ1v) is 11.5. The van der Waals surface area contributed by atoms with Gasteiger partial charge in [0.05, 0.1) is 24.2 Å². The van der Waals surface area contributed by atoms with Gasteiger partial charge in [-0.2, -0.15) is 5.10 Å². The molecule has 178 valence electrons. The molecule has 0 fully saturated rings. The van der Waals surface area contributed by atoms with E-state index >= 15 is 0 Å². The van der Waals surface area contributed by atoms with Gasteiger partial charge in [0.2, 0.25) is 6.79 Å². The van der Waals surface area contributed by atoms with Crippen molar-refractivity contribution in [3.63, 3.8) is 0 Å². The van der Waals surface area contributed by atoms with Crippen LogP contribution in [0.15, 0.2) is 67.7 Å². The fraction of sp³-hybridized carbons (Fsp3) is 0.125. The number of hydrogen-bond donors (Lipinski definition) is 1. The molecule has 0 saturated carbocycles. The predicted octanol–water partition coefficient (Wildman–Crippen LogP) is 4.30. The van der Waals surface area contributed by atoms with Crippen LogP contribution in [-0.2, 0) is 6.61 Å². The summed E-state index contributed by atoms with van der Waals surface area (Å²) in [5.74, 6) is 1.99. The third-order valence-electron chi connectivity index (χ3n) is 5.29. The first-order chi connectivity index (χ1) is 17.0. The van der Waals surface area contributed by atoms with Gasteiger partial charge in [-0.3, -0.25) is 4.79 Å². The highest BCUT2D eigenvalue weighted by Crippen LogP contribution is 2.42. The second-order valence-corrected chi connectivity index (χ2v) is 8.61. The van der Waals surface area contributed by atoms with Crippen LogP contribution >= 0.6 is 27.5 Å². The molecule has 0 radical (unpaired) electrons. The first-order valence-electron chi connectivity index (χ1n) is 10.3. The lowest BCUT2D eigenvalue weighted by Crippen LogP contribution is -2.32. The normalized spacial score (nSPS) is 12.4. The Kier molecular flexibility index (Phi) is 6.23. The van der Waals surface area contributed by atoms with E-state index in [2.05, 4.69) is 26.0 Å². The molecule has 1 aromatic heterocycles. The smallest absolute Gasteiger partial charge is 0.349 e. The van der Waals surface area contributed by atoms with Crippen molar-refractivity contribution >= 4 is 44.6 Å². The molecule has 0 aliphatic carbocycles. The molecule has 0 atom stereocenters. The summed E-state index contributed by atoms with van der Waals surface area (Å²) in [5, 5.41) is 4.67. The number of rotatable bonds is 6. The van der Waals surface area contributed by atoms with Gasteiger partial charge in [0.1, 0.15) is 11.6 Å². The van der Waals surface area contributed by atoms with E-state index in [0.29, 0.717) is 43.9 Å². The molecule has 1 N–H and O–H groups in total. The van der Waals surface area contributed by atoms with Crippen LogP contribution < -0.4 is 30.2 Å². The van der Waals surface area contributed by atoms with Crippen LogP contribution in [0, 0.1) is 0 Å². The minimum absolute atomic E-state index is 0.187. The van der Waals surface area contributed by atoms with E-state index in [1.807, 2.05) is 18.2 Å². The first kappa shape index (κ1) is 23.0. The van der Waals surface area contributed by atoms with Crippen molar-refractivity contribution in [2.45, 2.75) is 6.61 Å². The quantitative estimate of drug-likeness (QED) is 0.354. The fourth-order valence-corrected chi connectivity index (χ4v) is 4.20. The Morgan fingerprint density at radius 3 is 2.80 bits per heavy atom. The number of halogens is 2. The molecule has 35 heavy (non-hydrogen) atoms. The Labute approximate surface area is 211 Å². The maximum Gasteiger partial charge on any atom is 0.349 e. The molecule has 4 aromatic rings. The van der Waals surface area contributed by atoms with Gasteiger partial charge in [0.15, 0.2) is 23.0 Å². The molecule has 0 bridgehead atoms. The average Bonchev–Trinajstić information content (AvgIpc) is 3.33. The summed E-state index contributed by atoms with van der Waals surface area (Å²) in [6.45, 7) is 0.390. The summed E-state index contributed by atoms with van der Waals surface area (Å²) in [6.07, 6.45) is 1.34. The molecule has 1 aliphatic rings. The Morgan fingerprint density at radius 2 is 1.97 bits per heavy atom. The molecule has 1 aliphatic heterocycles. The van der Waals surface area contributed by atoms with E-state index in [-0.39, 0.29) is 18.4 Å². The average molecular weight is 559 g/mol. The second-order valence-electron chi connectivity index (χ2n) is 7.44. The van der Waals surface area contributed by atoms with Crippen LogP contribution in [0.2, 0.25) is 5.02 Å². The van der Waals surface area contributed by atoms with Crippen LogP contribution in [0.25, 0.3) is 10.9 Å². The number of fused-ring (bicyclic) bond motifs is 2. The predicted molar refractivity (Wildman–Crippen MR) is 134 cm³/mol. The number of hydrogen-bond acceptors (Lipinski definition) is 7. The summed E-state index contributed by atoms with van der Waals surface area (Å²) >= 11 is 10.0. The van der Waals surface area contributed by atoms with Crippen molar-refractivity contribution < 1.29 is 18.9 Å². The molecular weight excluding hydrogens is 542 g/mol. The number of aromatic amines is 1. The van der Waals surface area contributed by atoms with Gasteiger partial charge in [0, 0.05) is 10.0 Å². The molecule has 0 unspecified atom stereocenters. The van der Waals surface area contributed by atoms with E-state index < -0.39 is 11.2 Å². The zero-order chi connectivity index (χ0) is 24.5. The summed E-state index contributed by atoms with van der Waals surface area (Å²) < 4.78 is 23.3. The van der Waals surface area contributed by atoms with Crippen molar-refractivity contribution in [2.24, 2.45) is 5.10 Å². The van der Waals surface area contributed by atoms with E-state index in [0.717, 1.165) is 10.2 Å². The lowest BCUT2D eigenvalue weighted by atomic mass is 10.2. The largest absolute Gasteiger partial charge is 0.493 e. The SMILES string of the molecule is COc1cc(C=Nn2c(=O)[nH]c3ccccc3c2=O)c(Br)c(Cl)c1OCc1ccc2c(c1)OCO2. The lowest BCUT2D eigenvalue weighted by molar-refractivity contribution is 0.174. The Balaban J connectivity index is 1.45. The van der Waals surface area contributed by atoms with E-state index in [1.165, 1.54) is 13.3 Å². The minimum atomic E-state index is -0.664. The monoisotopic (exact) mass is 557 g/mol. The van der Waals surface area contributed by atoms with Gasteiger partial charge in [-0.15, -0.1) is 4.68 Å². The van der Waals surface area contributed by atoms with E-state index in [1.54, 1.807) is 30.3 Å². The topological polar surface area (TPSA) is 104 Å². The summed E-state index contributed by atoms with van der Waals surface area (Å²) in [4.78, 5) is 27.7. The number of ether oxygens (including phenoxy) is 4. The molecule has 2 heterocycles. The highest BCUT2D eigenvalue weighted by Gasteiger charge is 2.19. The van der Waals surface area contributed by atoms with Crippen LogP contribution in [0.4, 0.5) is 0 Å². The Morgan fingerprint density at radius 1 is 1.17 bits per heavy atom. The van der Waals surface area contributed by atoms with Crippen LogP contribution in [0.5, 0.6) is 23.0 Å². The molecule has 0 amide bonds. The zero-order valence-corrected chi connectivity index (χ0v) is 20.6. The van der Waals surface area contributed by atoms with Crippen LogP contribution in [0.3, 0.4) is 0 Å². The maximum absolute atomic E-state index is 12.7. The summed E-state index contributed by atoms with van der Waals surface area (Å²) in [7, 11) is 1.48. The third kappa shape index (κ3) is 4.38. The van der Waals surface area contributed by atoms with Gasteiger partial charge in [0.25, 0.3) is 5.56 Å². The number of nitrogens with zero attached hydrogens (tertiary/aromatic N) is 2. The fourth-order valence-electron chi connectivity index (χ4n) is 3.55. The van der Waals surface area contributed by atoms with Crippen molar-refractivity contribution in [1.82, 2.24) is 9.66 Å². The van der Waals surface area contributed by atoms with E-state index in [4.69, 9.17) is 30.5 Å². The summed E-state index contributed by atoms with van der Waals surface area (Å²) in [6, 6.07) is 13.8. The van der Waals surface area contributed by atoms with Gasteiger partial charge < -0.3 is 23.9 Å². The van der Waals surface area contributed by atoms with Crippen LogP contribution in [0.1, 0.15) is 11.1 Å². The second kappa shape index (κ2) is 9.47. The number of methoxy groups -OCH3 is 1. The summed E-state index contributed by atoms with van der Waals surface area (Å²) in [5.41, 5.74) is 0.552. The molecule has 3 aromatic carbocycles. The molecule has 0 saturated heterocycles. The molecular formula is C24H17BrClN3O6. The number of aromatic nitrogens is 2. The van der Waals surface area contributed by atoms with Gasteiger partial charge in [-0.25, -0.2) is 4.79 Å². The molecule has 5 rings (SSSR count). The number of H-pyrrole nitrogens is 1. The van der Waals surface area contributed by atoms with Crippen molar-refractivity contribution in [1.29, 1.82) is 0 Å². The lowest BCUT2D eigenvalue weighted by Gasteiger charge is -2.15. The van der Waals surface area contributed by atoms with Crippen LogP contribution in [-0.4, -0.2) is 29.8 Å². The number of nitrogens with one attached hydrogen (secondary N) is 1. The number of benzene rings is 3. The molecule has 11 heteroatoms. The Bertz CT molecular complexity index is 1600. The van der Waals surface area contributed by atoms with Crippen molar-refractivity contribution in [3.8, 4) is 23.0 Å². The van der Waals surface area contributed by atoms with Crippen molar-refractivity contribution in [2.75, 3.05) is 13.9 Å². The van der Waals surface area contributed by atoms with Gasteiger partial charge in [-0.05, 0) is 51.8 Å². The standard InChI is InChI=1S/C24H17BrClN3O6/c1-32-19-9-14(10-27-29-23(30)15-4-2-3-5-16(15)28-24(29)31)20(25)21(26)22(19)33-11-13-6-7-17-18(8-13)35-12-34-17/h2-10H,11-12H2,1H3,(H,28,31). The maximum atomic E-state index is 12.7. The molecule has 0 spiro atoms.